The number of ether oxygens (including phenoxy) is 1. The van der Waals surface area contributed by atoms with Crippen molar-refractivity contribution in [2.24, 2.45) is 0 Å². The maximum absolute atomic E-state index is 13.0. The van der Waals surface area contributed by atoms with E-state index in [1.165, 1.54) is 4.90 Å². The number of hydrogen-bond donors (Lipinski definition) is 1. The average Bonchev–Trinajstić information content (AvgIpc) is 3.25. The van der Waals surface area contributed by atoms with Crippen LogP contribution in [0.1, 0.15) is 53.2 Å². The Bertz CT molecular complexity index is 1350. The van der Waals surface area contributed by atoms with Gasteiger partial charge in [-0.1, -0.05) is 37.3 Å². The fourth-order valence-electron chi connectivity index (χ4n) is 5.41. The lowest BCUT2D eigenvalue weighted by Crippen LogP contribution is -2.52. The number of carbonyl (C=O) groups excluding carboxylic acids is 3. The Morgan fingerprint density at radius 2 is 1.69 bits per heavy atom. The summed E-state index contributed by atoms with van der Waals surface area (Å²) in [7, 11) is -3.14. The Labute approximate surface area is 228 Å². The van der Waals surface area contributed by atoms with E-state index in [4.69, 9.17) is 4.74 Å². The van der Waals surface area contributed by atoms with Crippen LogP contribution in [0, 0.1) is 0 Å². The minimum Gasteiger partial charge on any atom is -0.489 e. The molecule has 3 heterocycles. The zero-order chi connectivity index (χ0) is 27.6. The van der Waals surface area contributed by atoms with E-state index in [0.717, 1.165) is 23.2 Å². The van der Waals surface area contributed by atoms with Crippen LogP contribution in [0.3, 0.4) is 0 Å². The fourth-order valence-corrected chi connectivity index (χ4v) is 6.90. The number of imide groups is 1. The van der Waals surface area contributed by atoms with Crippen LogP contribution in [0.5, 0.6) is 5.75 Å². The Morgan fingerprint density at radius 3 is 2.38 bits per heavy atom. The first-order valence-corrected chi connectivity index (χ1v) is 15.0. The Balaban J connectivity index is 1.15. The minimum atomic E-state index is -3.14. The normalized spacial score (nSPS) is 20.7. The molecule has 3 amide bonds. The van der Waals surface area contributed by atoms with Gasteiger partial charge < -0.3 is 9.64 Å². The molecule has 0 aromatic heterocycles. The quantitative estimate of drug-likeness (QED) is 0.471. The molecule has 2 fully saturated rings. The van der Waals surface area contributed by atoms with Crippen molar-refractivity contribution in [3.8, 4) is 5.75 Å². The van der Waals surface area contributed by atoms with Crippen LogP contribution in [0.15, 0.2) is 42.5 Å². The molecule has 11 heteroatoms. The molecule has 0 aliphatic carbocycles. The molecule has 2 aromatic rings. The van der Waals surface area contributed by atoms with Crippen LogP contribution in [0.4, 0.5) is 0 Å². The number of benzene rings is 2. The molecular weight excluding hydrogens is 520 g/mol. The zero-order valence-electron chi connectivity index (χ0n) is 22.1. The lowest BCUT2D eigenvalue weighted by Gasteiger charge is -2.34. The van der Waals surface area contributed by atoms with Crippen molar-refractivity contribution in [2.45, 2.75) is 51.9 Å². The van der Waals surface area contributed by atoms with Crippen molar-refractivity contribution in [1.82, 2.24) is 19.4 Å². The molecule has 1 N–H and O–H groups in total. The highest BCUT2D eigenvalue weighted by molar-refractivity contribution is 7.89. The van der Waals surface area contributed by atoms with Gasteiger partial charge in [-0.2, -0.15) is 4.31 Å². The van der Waals surface area contributed by atoms with Crippen molar-refractivity contribution < 1.29 is 27.5 Å². The number of carbonyl (C=O) groups is 3. The molecule has 10 nitrogen and oxygen atoms in total. The van der Waals surface area contributed by atoms with E-state index in [1.54, 1.807) is 16.4 Å². The van der Waals surface area contributed by atoms with Gasteiger partial charge in [-0.25, -0.2) is 8.42 Å². The standard InChI is InChI=1S/C28H34N4O6S/c1-2-16-39(36,37)31-14-12-30(13-15-31)17-20-6-8-21(9-7-20)19-38-25-5-3-4-22-23(25)18-32(28(22)35)24-10-11-26(33)29-27(24)34/h3-9,24H,2,10-19H2,1H3,(H,29,33,34). The third kappa shape index (κ3) is 6.00. The van der Waals surface area contributed by atoms with Gasteiger partial charge >= 0.3 is 0 Å². The molecule has 3 aliphatic rings. The number of rotatable bonds is 9. The summed E-state index contributed by atoms with van der Waals surface area (Å²) in [6, 6.07) is 12.8. The van der Waals surface area contributed by atoms with Gasteiger partial charge in [-0.3, -0.25) is 24.6 Å². The van der Waals surface area contributed by atoms with E-state index in [-0.39, 0.29) is 30.5 Å². The van der Waals surface area contributed by atoms with Crippen molar-refractivity contribution in [2.75, 3.05) is 31.9 Å². The van der Waals surface area contributed by atoms with E-state index >= 15 is 0 Å². The topological polar surface area (TPSA) is 116 Å². The summed E-state index contributed by atoms with van der Waals surface area (Å²) < 4.78 is 32.3. The van der Waals surface area contributed by atoms with E-state index in [9.17, 15) is 22.8 Å². The first-order valence-electron chi connectivity index (χ1n) is 13.4. The summed E-state index contributed by atoms with van der Waals surface area (Å²) in [6.07, 6.45) is 1.16. The van der Waals surface area contributed by atoms with Gasteiger partial charge in [0.2, 0.25) is 21.8 Å². The monoisotopic (exact) mass is 554 g/mol. The minimum absolute atomic E-state index is 0.205. The largest absolute Gasteiger partial charge is 0.489 e. The van der Waals surface area contributed by atoms with Crippen molar-refractivity contribution in [3.63, 3.8) is 0 Å². The third-order valence-corrected chi connectivity index (χ3v) is 9.63. The summed E-state index contributed by atoms with van der Waals surface area (Å²) >= 11 is 0. The maximum Gasteiger partial charge on any atom is 0.255 e. The first-order chi connectivity index (χ1) is 18.7. The van der Waals surface area contributed by atoms with E-state index in [1.807, 2.05) is 25.1 Å². The second-order valence-electron chi connectivity index (χ2n) is 10.3. The van der Waals surface area contributed by atoms with Crippen molar-refractivity contribution in [1.29, 1.82) is 0 Å². The van der Waals surface area contributed by atoms with Crippen LogP contribution in [0.25, 0.3) is 0 Å². The van der Waals surface area contributed by atoms with Gasteiger partial charge in [-0.05, 0) is 36.1 Å². The summed E-state index contributed by atoms with van der Waals surface area (Å²) in [4.78, 5) is 40.6. The Morgan fingerprint density at radius 1 is 0.974 bits per heavy atom. The number of piperazine rings is 1. The molecule has 0 bridgehead atoms. The highest BCUT2D eigenvalue weighted by Crippen LogP contribution is 2.34. The van der Waals surface area contributed by atoms with E-state index in [2.05, 4.69) is 22.3 Å². The molecular formula is C28H34N4O6S. The molecule has 0 radical (unpaired) electrons. The van der Waals surface area contributed by atoms with Crippen LogP contribution >= 0.6 is 0 Å². The predicted octanol–water partition coefficient (Wildman–Crippen LogP) is 1.88. The summed E-state index contributed by atoms with van der Waals surface area (Å²) in [6.45, 7) is 5.71. The van der Waals surface area contributed by atoms with Crippen LogP contribution in [-0.2, 0) is 39.3 Å². The van der Waals surface area contributed by atoms with Gasteiger partial charge in [0.15, 0.2) is 0 Å². The number of nitrogens with zero attached hydrogens (tertiary/aromatic N) is 3. The molecule has 1 atom stereocenters. The molecule has 0 spiro atoms. The number of amides is 3. The van der Waals surface area contributed by atoms with Crippen molar-refractivity contribution in [3.05, 3.63) is 64.7 Å². The van der Waals surface area contributed by atoms with Crippen molar-refractivity contribution >= 4 is 27.7 Å². The molecule has 1 unspecified atom stereocenters. The van der Waals surface area contributed by atoms with Gasteiger partial charge in [0.1, 0.15) is 18.4 Å². The number of piperidine rings is 1. The zero-order valence-corrected chi connectivity index (χ0v) is 22.9. The molecule has 39 heavy (non-hydrogen) atoms. The average molecular weight is 555 g/mol. The summed E-state index contributed by atoms with van der Waals surface area (Å²) in [5.41, 5.74) is 3.41. The molecule has 3 aliphatic heterocycles. The lowest BCUT2D eigenvalue weighted by atomic mass is 10.0. The second-order valence-corrected chi connectivity index (χ2v) is 12.4. The van der Waals surface area contributed by atoms with E-state index < -0.39 is 22.0 Å². The highest BCUT2D eigenvalue weighted by atomic mass is 32.2. The van der Waals surface area contributed by atoms with Gasteiger partial charge in [0.25, 0.3) is 5.91 Å². The molecule has 2 saturated heterocycles. The highest BCUT2D eigenvalue weighted by Gasteiger charge is 2.40. The number of hydrogen-bond acceptors (Lipinski definition) is 7. The maximum atomic E-state index is 13.0. The van der Waals surface area contributed by atoms with Gasteiger partial charge in [0.05, 0.1) is 12.3 Å². The Hall–Kier alpha value is -3.28. The Kier molecular flexibility index (Phi) is 8.01. The van der Waals surface area contributed by atoms with E-state index in [0.29, 0.717) is 56.9 Å². The lowest BCUT2D eigenvalue weighted by molar-refractivity contribution is -0.136. The second kappa shape index (κ2) is 11.4. The fraction of sp³-hybridized carbons (Fsp3) is 0.464. The molecule has 5 rings (SSSR count). The third-order valence-electron chi connectivity index (χ3n) is 7.55. The molecule has 2 aromatic carbocycles. The molecule has 0 saturated carbocycles. The van der Waals surface area contributed by atoms with Crippen LogP contribution in [0.2, 0.25) is 0 Å². The number of nitrogens with one attached hydrogen (secondary N) is 1. The summed E-state index contributed by atoms with van der Waals surface area (Å²) in [5, 5.41) is 2.33. The van der Waals surface area contributed by atoms with Crippen LogP contribution < -0.4 is 10.1 Å². The number of fused-ring (bicyclic) bond motifs is 1. The van der Waals surface area contributed by atoms with Crippen LogP contribution in [-0.4, -0.2) is 78.2 Å². The smallest absolute Gasteiger partial charge is 0.255 e. The predicted molar refractivity (Wildman–Crippen MR) is 144 cm³/mol. The number of sulfonamides is 1. The molecule has 208 valence electrons. The SMILES string of the molecule is CCCS(=O)(=O)N1CCN(Cc2ccc(COc3cccc4c3CN(C3CCC(=O)NC3=O)C4=O)cc2)CC1. The first kappa shape index (κ1) is 27.3. The van der Waals surface area contributed by atoms with Gasteiger partial charge in [0, 0.05) is 50.3 Å². The van der Waals surface area contributed by atoms with Gasteiger partial charge in [-0.15, -0.1) is 0 Å². The summed E-state index contributed by atoms with van der Waals surface area (Å²) in [5.74, 6) is -0.153.